The Labute approximate surface area is 325 Å². The predicted molar refractivity (Wildman–Crippen MR) is 239 cm³/mol. The van der Waals surface area contributed by atoms with Gasteiger partial charge in [-0.15, -0.1) is 0 Å². The maximum Gasteiger partial charge on any atom is 0.0619 e. The van der Waals surface area contributed by atoms with Gasteiger partial charge >= 0.3 is 0 Å². The second-order valence-corrected chi connectivity index (χ2v) is 14.5. The highest BCUT2D eigenvalue weighted by atomic mass is 15.1. The molecule has 10 aromatic carbocycles. The third-order valence-electron chi connectivity index (χ3n) is 11.3. The molecule has 0 aliphatic rings. The largest absolute Gasteiger partial charge is 0.310 e. The van der Waals surface area contributed by atoms with E-state index in [9.17, 15) is 0 Å². The van der Waals surface area contributed by atoms with Crippen LogP contribution >= 0.6 is 0 Å². The first-order valence-corrected chi connectivity index (χ1v) is 19.3. The highest BCUT2D eigenvalue weighted by Gasteiger charge is 2.21. The number of benzene rings is 10. The molecule has 11 rings (SSSR count). The second-order valence-electron chi connectivity index (χ2n) is 14.5. The van der Waals surface area contributed by atoms with E-state index in [0.29, 0.717) is 0 Å². The fraction of sp³-hybridized carbons (Fsp3) is 0. The van der Waals surface area contributed by atoms with Crippen molar-refractivity contribution in [2.45, 2.75) is 0 Å². The molecule has 0 spiro atoms. The summed E-state index contributed by atoms with van der Waals surface area (Å²) in [6.07, 6.45) is 0. The minimum atomic E-state index is 1.08. The molecule has 0 amide bonds. The van der Waals surface area contributed by atoms with E-state index >= 15 is 0 Å². The first-order chi connectivity index (χ1) is 27.8. The second kappa shape index (κ2) is 13.2. The zero-order valence-electron chi connectivity index (χ0n) is 30.7. The van der Waals surface area contributed by atoms with E-state index in [-0.39, 0.29) is 0 Å². The highest BCUT2D eigenvalue weighted by molar-refractivity contribution is 6.18. The van der Waals surface area contributed by atoms with Crippen molar-refractivity contribution in [3.8, 4) is 27.9 Å². The van der Waals surface area contributed by atoms with Crippen molar-refractivity contribution < 1.29 is 0 Å². The van der Waals surface area contributed by atoms with Crippen LogP contribution in [-0.2, 0) is 0 Å². The van der Waals surface area contributed by atoms with E-state index in [1.807, 2.05) is 0 Å². The Morgan fingerprint density at radius 1 is 0.321 bits per heavy atom. The number of anilines is 3. The maximum absolute atomic E-state index is 2.45. The normalized spacial score (nSPS) is 11.6. The SMILES string of the molecule is c1ccc(-c2ccc(-c3ccccc3)c(N(c3ccc(-n4c5ccccc5c5ccc6ccccc6c54)cc3)c3ccc4ccc5ccccc5c4c3)c2)cc1. The molecule has 0 bridgehead atoms. The summed E-state index contributed by atoms with van der Waals surface area (Å²) in [5.41, 5.74) is 11.6. The Morgan fingerprint density at radius 2 is 0.893 bits per heavy atom. The molecule has 0 aliphatic carbocycles. The van der Waals surface area contributed by atoms with Crippen LogP contribution in [0.2, 0.25) is 0 Å². The molecule has 0 N–H and O–H groups in total. The molecule has 2 nitrogen and oxygen atoms in total. The van der Waals surface area contributed by atoms with Gasteiger partial charge in [0.1, 0.15) is 0 Å². The van der Waals surface area contributed by atoms with Crippen LogP contribution in [0.5, 0.6) is 0 Å². The number of hydrogen-bond donors (Lipinski definition) is 0. The van der Waals surface area contributed by atoms with Gasteiger partial charge in [0.25, 0.3) is 0 Å². The Kier molecular flexibility index (Phi) is 7.53. The van der Waals surface area contributed by atoms with Gasteiger partial charge in [0, 0.05) is 38.8 Å². The first-order valence-electron chi connectivity index (χ1n) is 19.3. The van der Waals surface area contributed by atoms with Gasteiger partial charge in [-0.25, -0.2) is 0 Å². The van der Waals surface area contributed by atoms with Crippen LogP contribution < -0.4 is 4.90 Å². The third kappa shape index (κ3) is 5.26. The Bertz CT molecular complexity index is 3230. The van der Waals surface area contributed by atoms with E-state index in [1.54, 1.807) is 0 Å². The molecule has 262 valence electrons. The van der Waals surface area contributed by atoms with Gasteiger partial charge in [0.2, 0.25) is 0 Å². The first kappa shape index (κ1) is 32.0. The average molecular weight is 713 g/mol. The molecule has 0 saturated carbocycles. The topological polar surface area (TPSA) is 8.17 Å². The Morgan fingerprint density at radius 3 is 1.66 bits per heavy atom. The zero-order chi connectivity index (χ0) is 37.0. The fourth-order valence-electron chi connectivity index (χ4n) is 8.69. The minimum absolute atomic E-state index is 1.08. The Hall–Kier alpha value is -7.42. The molecule has 1 heterocycles. The molecule has 0 aliphatic heterocycles. The average Bonchev–Trinajstić information content (AvgIpc) is 3.62. The molecular weight excluding hydrogens is 677 g/mol. The molecule has 0 unspecified atom stereocenters. The standard InChI is InChI=1S/C54H36N2/c1-3-13-37(14-4-1)42-27-33-47(38-15-5-2-6-16-38)53(35-42)55(45-28-25-41-24-23-39-17-7-9-19-46(39)51(41)36-45)43-29-31-44(32-30-43)56-52-22-12-11-21-49(52)50-34-26-40-18-8-10-20-48(40)54(50)56/h1-36H. The molecule has 0 fully saturated rings. The van der Waals surface area contributed by atoms with E-state index in [4.69, 9.17) is 0 Å². The third-order valence-corrected chi connectivity index (χ3v) is 11.3. The predicted octanol–water partition coefficient (Wildman–Crippen LogP) is 15.0. The van der Waals surface area contributed by atoms with Crippen LogP contribution in [0, 0.1) is 0 Å². The summed E-state index contributed by atoms with van der Waals surface area (Å²) >= 11 is 0. The summed E-state index contributed by atoms with van der Waals surface area (Å²) < 4.78 is 2.44. The van der Waals surface area contributed by atoms with Gasteiger partial charge in [0.05, 0.1) is 16.7 Å². The van der Waals surface area contributed by atoms with Crippen LogP contribution in [0.1, 0.15) is 0 Å². The van der Waals surface area contributed by atoms with Crippen LogP contribution in [-0.4, -0.2) is 4.57 Å². The van der Waals surface area contributed by atoms with Crippen molar-refractivity contribution in [3.63, 3.8) is 0 Å². The smallest absolute Gasteiger partial charge is 0.0619 e. The monoisotopic (exact) mass is 712 g/mol. The number of hydrogen-bond acceptors (Lipinski definition) is 1. The lowest BCUT2D eigenvalue weighted by Crippen LogP contribution is -2.12. The molecule has 11 aromatic rings. The molecular formula is C54H36N2. The van der Waals surface area contributed by atoms with Crippen LogP contribution in [0.3, 0.4) is 0 Å². The van der Waals surface area contributed by atoms with E-state index in [1.165, 1.54) is 76.4 Å². The van der Waals surface area contributed by atoms with Gasteiger partial charge in [-0.3, -0.25) is 0 Å². The molecule has 0 saturated heterocycles. The molecule has 56 heavy (non-hydrogen) atoms. The molecule has 1 aromatic heterocycles. The van der Waals surface area contributed by atoms with Crippen molar-refractivity contribution in [1.29, 1.82) is 0 Å². The lowest BCUT2D eigenvalue weighted by Gasteiger charge is -2.29. The number of fused-ring (bicyclic) bond motifs is 8. The van der Waals surface area contributed by atoms with Crippen molar-refractivity contribution in [2.75, 3.05) is 4.90 Å². The maximum atomic E-state index is 2.45. The minimum Gasteiger partial charge on any atom is -0.310 e. The number of para-hydroxylation sites is 1. The summed E-state index contributed by atoms with van der Waals surface area (Å²) in [5, 5.41) is 9.96. The van der Waals surface area contributed by atoms with Crippen molar-refractivity contribution in [3.05, 3.63) is 218 Å². The number of nitrogens with zero attached hydrogens (tertiary/aromatic N) is 2. The molecule has 0 atom stereocenters. The van der Waals surface area contributed by atoms with Crippen LogP contribution in [0.15, 0.2) is 218 Å². The van der Waals surface area contributed by atoms with E-state index in [2.05, 4.69) is 228 Å². The van der Waals surface area contributed by atoms with Gasteiger partial charge in [-0.05, 0) is 92.2 Å². The lowest BCUT2D eigenvalue weighted by atomic mass is 9.96. The van der Waals surface area contributed by atoms with Gasteiger partial charge in [-0.2, -0.15) is 0 Å². The van der Waals surface area contributed by atoms with Gasteiger partial charge in [0.15, 0.2) is 0 Å². The van der Waals surface area contributed by atoms with Crippen LogP contribution in [0.25, 0.3) is 82.1 Å². The summed E-state index contributed by atoms with van der Waals surface area (Å²) in [7, 11) is 0. The van der Waals surface area contributed by atoms with Gasteiger partial charge in [-0.1, -0.05) is 170 Å². The molecule has 2 heteroatoms. The van der Waals surface area contributed by atoms with Crippen molar-refractivity contribution >= 4 is 71.2 Å². The fourth-order valence-corrected chi connectivity index (χ4v) is 8.69. The zero-order valence-corrected chi connectivity index (χ0v) is 30.7. The van der Waals surface area contributed by atoms with Crippen molar-refractivity contribution in [2.24, 2.45) is 0 Å². The van der Waals surface area contributed by atoms with Crippen LogP contribution in [0.4, 0.5) is 17.1 Å². The quantitative estimate of drug-likeness (QED) is 0.156. The number of rotatable bonds is 6. The van der Waals surface area contributed by atoms with Gasteiger partial charge < -0.3 is 9.47 Å². The number of aromatic nitrogens is 1. The highest BCUT2D eigenvalue weighted by Crippen LogP contribution is 2.45. The van der Waals surface area contributed by atoms with E-state index < -0.39 is 0 Å². The summed E-state index contributed by atoms with van der Waals surface area (Å²) in [4.78, 5) is 2.45. The molecule has 0 radical (unpaired) electrons. The van der Waals surface area contributed by atoms with Crippen molar-refractivity contribution in [1.82, 2.24) is 4.57 Å². The summed E-state index contributed by atoms with van der Waals surface area (Å²) in [5.74, 6) is 0. The lowest BCUT2D eigenvalue weighted by molar-refractivity contribution is 1.18. The Balaban J connectivity index is 1.16. The summed E-state index contributed by atoms with van der Waals surface area (Å²) in [6, 6.07) is 79.6. The summed E-state index contributed by atoms with van der Waals surface area (Å²) in [6.45, 7) is 0. The van der Waals surface area contributed by atoms with E-state index in [0.717, 1.165) is 22.7 Å².